The van der Waals surface area contributed by atoms with Gasteiger partial charge in [0.25, 0.3) is 0 Å². The summed E-state index contributed by atoms with van der Waals surface area (Å²) in [7, 11) is 4.21. The number of rotatable bonds is 8. The number of para-hydroxylation sites is 2. The quantitative estimate of drug-likeness (QED) is 0.349. The first-order valence-electron chi connectivity index (χ1n) is 11.0. The lowest BCUT2D eigenvalue weighted by Gasteiger charge is -2.09. The van der Waals surface area contributed by atoms with Gasteiger partial charge in [0.15, 0.2) is 0 Å². The fourth-order valence-electron chi connectivity index (χ4n) is 4.38. The minimum Gasteiger partial charge on any atom is -0.366 e. The van der Waals surface area contributed by atoms with Crippen molar-refractivity contribution < 1.29 is 0 Å². The second-order valence-electron chi connectivity index (χ2n) is 8.36. The maximum Gasteiger partial charge on any atom is 0.102 e. The molecule has 6 nitrogen and oxygen atoms in total. The van der Waals surface area contributed by atoms with Gasteiger partial charge >= 0.3 is 0 Å². The number of aryl methyl sites for hydroxylation is 1. The van der Waals surface area contributed by atoms with Gasteiger partial charge in [-0.15, -0.1) is 6.58 Å². The molecule has 0 bridgehead atoms. The van der Waals surface area contributed by atoms with Crippen LogP contribution in [0.5, 0.6) is 0 Å². The van der Waals surface area contributed by atoms with Crippen LogP contribution in [0.15, 0.2) is 73.6 Å². The standard InChI is InChI=1S/C26H28N6/c1-4-14-31-23-12-7-5-10-19(23)25(28-31)21-17-27-18-22(21)26-20-11-6-8-13-24(20)32(29-26)16-9-15-30(2)3/h4-8,10-13,17-18,27H,1,9,14-16H2,2-3H3. The van der Waals surface area contributed by atoms with E-state index in [-0.39, 0.29) is 0 Å². The van der Waals surface area contributed by atoms with Crippen molar-refractivity contribution in [2.75, 3.05) is 20.6 Å². The van der Waals surface area contributed by atoms with Crippen LogP contribution < -0.4 is 0 Å². The Morgan fingerprint density at radius 3 is 2.03 bits per heavy atom. The number of nitrogens with zero attached hydrogens (tertiary/aromatic N) is 5. The molecule has 0 fully saturated rings. The summed E-state index contributed by atoms with van der Waals surface area (Å²) in [5, 5.41) is 12.3. The molecule has 5 rings (SSSR count). The molecule has 0 unspecified atom stereocenters. The van der Waals surface area contributed by atoms with Gasteiger partial charge in [-0.25, -0.2) is 0 Å². The van der Waals surface area contributed by atoms with Crippen LogP contribution in [0.4, 0.5) is 0 Å². The van der Waals surface area contributed by atoms with E-state index in [1.807, 2.05) is 29.2 Å². The van der Waals surface area contributed by atoms with E-state index < -0.39 is 0 Å². The molecule has 1 N–H and O–H groups in total. The molecule has 0 amide bonds. The summed E-state index contributed by atoms with van der Waals surface area (Å²) in [5.74, 6) is 0. The van der Waals surface area contributed by atoms with E-state index in [9.17, 15) is 0 Å². The number of hydrogen-bond donors (Lipinski definition) is 1. The highest BCUT2D eigenvalue weighted by Crippen LogP contribution is 2.38. The van der Waals surface area contributed by atoms with Crippen molar-refractivity contribution in [3.05, 3.63) is 73.6 Å². The van der Waals surface area contributed by atoms with Crippen LogP contribution >= 0.6 is 0 Å². The van der Waals surface area contributed by atoms with Crippen molar-refractivity contribution >= 4 is 21.8 Å². The van der Waals surface area contributed by atoms with Crippen LogP contribution in [0.3, 0.4) is 0 Å². The van der Waals surface area contributed by atoms with Crippen LogP contribution in [-0.2, 0) is 13.1 Å². The highest BCUT2D eigenvalue weighted by atomic mass is 15.3. The van der Waals surface area contributed by atoms with Gasteiger partial charge in [-0.05, 0) is 39.2 Å². The summed E-state index contributed by atoms with van der Waals surface area (Å²) in [5.41, 5.74) is 6.35. The molecule has 2 aromatic carbocycles. The Morgan fingerprint density at radius 2 is 1.44 bits per heavy atom. The number of nitrogens with one attached hydrogen (secondary N) is 1. The van der Waals surface area contributed by atoms with E-state index in [1.165, 1.54) is 0 Å². The number of allylic oxidation sites excluding steroid dienone is 1. The second-order valence-corrected chi connectivity index (χ2v) is 8.36. The molecule has 0 aliphatic heterocycles. The van der Waals surface area contributed by atoms with Crippen molar-refractivity contribution in [2.24, 2.45) is 0 Å². The van der Waals surface area contributed by atoms with Crippen LogP contribution in [-0.4, -0.2) is 50.1 Å². The number of H-pyrrole nitrogens is 1. The van der Waals surface area contributed by atoms with Gasteiger partial charge in [-0.2, -0.15) is 10.2 Å². The minimum absolute atomic E-state index is 0.670. The molecule has 0 saturated heterocycles. The molecular weight excluding hydrogens is 396 g/mol. The Kier molecular flexibility index (Phi) is 5.37. The highest BCUT2D eigenvalue weighted by Gasteiger charge is 2.20. The predicted octanol–water partition coefficient (Wildman–Crippen LogP) is 5.19. The van der Waals surface area contributed by atoms with Gasteiger partial charge in [0, 0.05) is 40.8 Å². The average molecular weight is 425 g/mol. The Labute approximate surface area is 187 Å². The summed E-state index contributed by atoms with van der Waals surface area (Å²) in [6, 6.07) is 16.8. The number of fused-ring (bicyclic) bond motifs is 2. The summed E-state index contributed by atoms with van der Waals surface area (Å²) < 4.78 is 4.14. The van der Waals surface area contributed by atoms with Gasteiger partial charge in [0.2, 0.25) is 0 Å². The van der Waals surface area contributed by atoms with Gasteiger partial charge in [-0.1, -0.05) is 42.5 Å². The lowest BCUT2D eigenvalue weighted by molar-refractivity contribution is 0.383. The number of hydrogen-bond acceptors (Lipinski definition) is 3. The van der Waals surface area contributed by atoms with Gasteiger partial charge in [0.05, 0.1) is 17.6 Å². The smallest absolute Gasteiger partial charge is 0.102 e. The first kappa shape index (κ1) is 20.3. The largest absolute Gasteiger partial charge is 0.366 e. The zero-order valence-electron chi connectivity index (χ0n) is 18.6. The van der Waals surface area contributed by atoms with Crippen LogP contribution in [0.2, 0.25) is 0 Å². The number of benzene rings is 2. The van der Waals surface area contributed by atoms with E-state index in [1.54, 1.807) is 0 Å². The third-order valence-corrected chi connectivity index (χ3v) is 5.85. The third-order valence-electron chi connectivity index (χ3n) is 5.85. The molecule has 162 valence electrons. The van der Waals surface area contributed by atoms with Crippen molar-refractivity contribution in [3.8, 4) is 22.5 Å². The molecule has 0 aliphatic rings. The third kappa shape index (κ3) is 3.52. The van der Waals surface area contributed by atoms with E-state index in [0.717, 1.165) is 63.8 Å². The normalized spacial score (nSPS) is 11.7. The summed E-state index contributed by atoms with van der Waals surface area (Å²) in [6.07, 6.45) is 7.00. The Balaban J connectivity index is 1.63. The number of aromatic nitrogens is 5. The molecule has 0 aliphatic carbocycles. The van der Waals surface area contributed by atoms with Crippen molar-refractivity contribution in [2.45, 2.75) is 19.5 Å². The van der Waals surface area contributed by atoms with E-state index in [4.69, 9.17) is 10.2 Å². The Bertz CT molecular complexity index is 1380. The van der Waals surface area contributed by atoms with Crippen LogP contribution in [0.25, 0.3) is 44.3 Å². The first-order valence-corrected chi connectivity index (χ1v) is 11.0. The Hall–Kier alpha value is -3.64. The fourth-order valence-corrected chi connectivity index (χ4v) is 4.38. The van der Waals surface area contributed by atoms with Gasteiger partial charge < -0.3 is 9.88 Å². The lowest BCUT2D eigenvalue weighted by atomic mass is 10.0. The first-order chi connectivity index (χ1) is 15.7. The molecular formula is C26H28N6. The summed E-state index contributed by atoms with van der Waals surface area (Å²) in [6.45, 7) is 6.48. The molecule has 32 heavy (non-hydrogen) atoms. The summed E-state index contributed by atoms with van der Waals surface area (Å²) >= 11 is 0. The van der Waals surface area contributed by atoms with Crippen molar-refractivity contribution in [3.63, 3.8) is 0 Å². The molecule has 5 aromatic rings. The van der Waals surface area contributed by atoms with Gasteiger partial charge in [0.1, 0.15) is 11.4 Å². The SMILES string of the molecule is C=CCn1nc(-c2c[nH]cc2-c2nn(CCCN(C)C)c3ccccc23)c2ccccc21. The molecule has 3 aromatic heterocycles. The summed E-state index contributed by atoms with van der Waals surface area (Å²) in [4.78, 5) is 5.52. The highest BCUT2D eigenvalue weighted by molar-refractivity contribution is 6.02. The molecule has 0 radical (unpaired) electrons. The zero-order chi connectivity index (χ0) is 22.1. The molecule has 0 saturated carbocycles. The molecule has 6 heteroatoms. The average Bonchev–Trinajstić information content (AvgIpc) is 3.50. The maximum absolute atomic E-state index is 5.07. The van der Waals surface area contributed by atoms with Crippen molar-refractivity contribution in [1.29, 1.82) is 0 Å². The predicted molar refractivity (Wildman–Crippen MR) is 132 cm³/mol. The molecule has 0 spiro atoms. The molecule has 0 atom stereocenters. The van der Waals surface area contributed by atoms with Crippen LogP contribution in [0.1, 0.15) is 6.42 Å². The maximum atomic E-state index is 5.07. The fraction of sp³-hybridized carbons (Fsp3) is 0.231. The van der Waals surface area contributed by atoms with Gasteiger partial charge in [-0.3, -0.25) is 9.36 Å². The van der Waals surface area contributed by atoms with E-state index in [2.05, 4.69) is 77.7 Å². The monoisotopic (exact) mass is 424 g/mol. The molecule has 3 heterocycles. The topological polar surface area (TPSA) is 54.7 Å². The second kappa shape index (κ2) is 8.48. The van der Waals surface area contributed by atoms with E-state index in [0.29, 0.717) is 6.54 Å². The minimum atomic E-state index is 0.670. The van der Waals surface area contributed by atoms with E-state index >= 15 is 0 Å². The Morgan fingerprint density at radius 1 is 0.875 bits per heavy atom. The number of aromatic amines is 1. The zero-order valence-corrected chi connectivity index (χ0v) is 18.6. The van der Waals surface area contributed by atoms with Crippen LogP contribution in [0, 0.1) is 0 Å². The lowest BCUT2D eigenvalue weighted by Crippen LogP contribution is -2.15. The van der Waals surface area contributed by atoms with Crippen molar-refractivity contribution in [1.82, 2.24) is 29.4 Å².